The molecule has 2 aliphatic heterocycles. The molecule has 2 aliphatic carbocycles. The number of hydrogen-bond acceptors (Lipinski definition) is 8. The molecule has 0 unspecified atom stereocenters. The number of anilines is 1. The van der Waals surface area contributed by atoms with Crippen LogP contribution in [0.2, 0.25) is 5.02 Å². The summed E-state index contributed by atoms with van der Waals surface area (Å²) in [5.74, 6) is -1.04. The molecule has 1 amide bonds. The lowest BCUT2D eigenvalue weighted by Crippen LogP contribution is -2.55. The monoisotopic (exact) mass is 594 g/mol. The molecule has 1 N–H and O–H groups in total. The van der Waals surface area contributed by atoms with E-state index in [9.17, 15) is 19.6 Å². The van der Waals surface area contributed by atoms with Crippen LogP contribution >= 0.6 is 11.6 Å². The Morgan fingerprint density at radius 3 is 2.74 bits per heavy atom. The highest BCUT2D eigenvalue weighted by Crippen LogP contribution is 2.50. The number of nitriles is 1. The van der Waals surface area contributed by atoms with Crippen molar-refractivity contribution >= 4 is 23.3 Å². The Morgan fingerprint density at radius 2 is 2.02 bits per heavy atom. The Morgan fingerprint density at radius 1 is 1.24 bits per heavy atom. The van der Waals surface area contributed by atoms with Gasteiger partial charge in [-0.15, -0.1) is 0 Å². The van der Waals surface area contributed by atoms with Gasteiger partial charge in [0, 0.05) is 48.2 Å². The molecule has 1 aromatic carbocycles. The van der Waals surface area contributed by atoms with Crippen molar-refractivity contribution in [3.05, 3.63) is 58.0 Å². The number of carbonyl (C=O) groups excluding carboxylic acids is 1. The molecule has 0 saturated carbocycles. The Labute approximate surface area is 250 Å². The molecule has 222 valence electrons. The number of aliphatic hydroxyl groups excluding tert-OH is 1. The van der Waals surface area contributed by atoms with Gasteiger partial charge in [0.2, 0.25) is 0 Å². The van der Waals surface area contributed by atoms with E-state index in [1.54, 1.807) is 0 Å². The number of hydrogen-bond donors (Lipinski definition) is 1. The number of carbonyl (C=O) groups is 1. The van der Waals surface area contributed by atoms with Crippen molar-refractivity contribution in [1.29, 1.82) is 5.26 Å². The fraction of sp³-hybridized carbons (Fsp3) is 0.548. The zero-order chi connectivity index (χ0) is 29.6. The van der Waals surface area contributed by atoms with Crippen molar-refractivity contribution in [2.24, 2.45) is 0 Å². The van der Waals surface area contributed by atoms with Gasteiger partial charge in [-0.05, 0) is 62.8 Å². The number of halogens is 2. The summed E-state index contributed by atoms with van der Waals surface area (Å²) in [5, 5.41) is 20.4. The quantitative estimate of drug-likeness (QED) is 0.508. The average Bonchev–Trinajstić information content (AvgIpc) is 3.49. The average molecular weight is 595 g/mol. The Hall–Kier alpha value is -3.26. The summed E-state index contributed by atoms with van der Waals surface area (Å²) in [7, 11) is 1.97. The lowest BCUT2D eigenvalue weighted by Gasteiger charge is -2.42. The third-order valence-corrected chi connectivity index (χ3v) is 9.98. The number of rotatable bonds is 6. The highest BCUT2D eigenvalue weighted by molar-refractivity contribution is 6.31. The van der Waals surface area contributed by atoms with Gasteiger partial charge in [-0.3, -0.25) is 9.69 Å². The van der Waals surface area contributed by atoms with Gasteiger partial charge in [-0.1, -0.05) is 30.3 Å². The highest BCUT2D eigenvalue weighted by Gasteiger charge is 2.44. The molecule has 2 saturated heterocycles. The van der Waals surface area contributed by atoms with Crippen LogP contribution in [0.3, 0.4) is 0 Å². The van der Waals surface area contributed by atoms with E-state index in [0.717, 1.165) is 54.2 Å². The van der Waals surface area contributed by atoms with Crippen LogP contribution in [0.25, 0.3) is 0 Å². The molecule has 0 radical (unpaired) electrons. The lowest BCUT2D eigenvalue weighted by atomic mass is 9.69. The second kappa shape index (κ2) is 11.4. The molecule has 1 spiro atoms. The Kier molecular flexibility index (Phi) is 7.85. The molecule has 0 bridgehead atoms. The molecule has 4 aliphatic rings. The van der Waals surface area contributed by atoms with Crippen LogP contribution in [0.1, 0.15) is 48.1 Å². The Bertz CT molecular complexity index is 1450. The van der Waals surface area contributed by atoms with Crippen LogP contribution in [0, 0.1) is 11.3 Å². The summed E-state index contributed by atoms with van der Waals surface area (Å²) >= 11 is 6.59. The van der Waals surface area contributed by atoms with Crippen LogP contribution in [0.5, 0.6) is 6.01 Å². The summed E-state index contributed by atoms with van der Waals surface area (Å²) in [6.45, 7) is 5.16. The first-order valence-corrected chi connectivity index (χ1v) is 15.0. The lowest BCUT2D eigenvalue weighted by molar-refractivity contribution is -0.131. The highest BCUT2D eigenvalue weighted by atomic mass is 35.5. The van der Waals surface area contributed by atoms with Gasteiger partial charge < -0.3 is 19.6 Å². The van der Waals surface area contributed by atoms with Gasteiger partial charge in [0.1, 0.15) is 12.4 Å². The normalized spacial score (nSPS) is 27.1. The minimum absolute atomic E-state index is 0.0537. The maximum Gasteiger partial charge on any atom is 0.318 e. The summed E-state index contributed by atoms with van der Waals surface area (Å²) < 4.78 is 20.0. The number of ether oxygens (including phenoxy) is 1. The molecule has 1 aromatic heterocycles. The van der Waals surface area contributed by atoms with E-state index < -0.39 is 17.8 Å². The number of aromatic nitrogens is 2. The van der Waals surface area contributed by atoms with Crippen LogP contribution in [-0.2, 0) is 29.5 Å². The summed E-state index contributed by atoms with van der Waals surface area (Å²) in [6.07, 6.45) is 4.72. The number of likely N-dealkylation sites (tertiary alicyclic amines) is 1. The third kappa shape index (κ3) is 5.23. The number of likely N-dealkylation sites (N-methyl/N-ethyl adjacent to an activating group) is 1. The molecule has 3 heterocycles. The van der Waals surface area contributed by atoms with Gasteiger partial charge in [-0.2, -0.15) is 15.2 Å². The molecule has 6 rings (SSSR count). The molecule has 9 nitrogen and oxygen atoms in total. The number of fused-ring (bicyclic) bond motifs is 3. The van der Waals surface area contributed by atoms with E-state index in [0.29, 0.717) is 32.7 Å². The Balaban J connectivity index is 1.33. The van der Waals surface area contributed by atoms with Crippen LogP contribution in [-0.4, -0.2) is 88.8 Å². The van der Waals surface area contributed by atoms with Crippen LogP contribution < -0.4 is 9.64 Å². The van der Waals surface area contributed by atoms with Gasteiger partial charge in [0.05, 0.1) is 30.3 Å². The van der Waals surface area contributed by atoms with Gasteiger partial charge in [-0.25, -0.2) is 4.39 Å². The van der Waals surface area contributed by atoms with E-state index in [4.69, 9.17) is 26.3 Å². The van der Waals surface area contributed by atoms with E-state index in [1.807, 2.05) is 19.2 Å². The number of amides is 1. The largest absolute Gasteiger partial charge is 0.462 e. The van der Waals surface area contributed by atoms with Gasteiger partial charge >= 0.3 is 6.01 Å². The van der Waals surface area contributed by atoms with E-state index >= 15 is 0 Å². The second-order valence-corrected chi connectivity index (χ2v) is 12.5. The zero-order valence-corrected chi connectivity index (χ0v) is 24.6. The molecular weight excluding hydrogens is 559 g/mol. The van der Waals surface area contributed by atoms with Crippen molar-refractivity contribution in [3.63, 3.8) is 0 Å². The first-order chi connectivity index (χ1) is 20.2. The van der Waals surface area contributed by atoms with Gasteiger partial charge in [0.15, 0.2) is 5.83 Å². The topological polar surface area (TPSA) is 106 Å². The minimum atomic E-state index is -1.02. The molecule has 42 heavy (non-hydrogen) atoms. The number of aliphatic hydroxyl groups is 1. The van der Waals surface area contributed by atoms with Crippen molar-refractivity contribution in [2.45, 2.75) is 68.5 Å². The summed E-state index contributed by atoms with van der Waals surface area (Å²) in [4.78, 5) is 27.9. The molecule has 4 atom stereocenters. The SMILES string of the molecule is C=C(F)C(=O)N1CCN(c2nc(OC[C@@H]3C[C@@H](O)CN3C)nc3c2CC[C@@]2(CCc4c(Cl)cccc42)C3)C[C@@H]1CC#N. The van der Waals surface area contributed by atoms with E-state index in [2.05, 4.69) is 28.5 Å². The van der Waals surface area contributed by atoms with Crippen molar-refractivity contribution in [3.8, 4) is 12.1 Å². The maximum absolute atomic E-state index is 13.8. The van der Waals surface area contributed by atoms with E-state index in [1.165, 1.54) is 16.0 Å². The molecule has 11 heteroatoms. The smallest absolute Gasteiger partial charge is 0.318 e. The van der Waals surface area contributed by atoms with Crippen molar-refractivity contribution < 1.29 is 19.0 Å². The number of piperazine rings is 1. The maximum atomic E-state index is 13.8. The third-order valence-electron chi connectivity index (χ3n) is 9.63. The minimum Gasteiger partial charge on any atom is -0.462 e. The van der Waals surface area contributed by atoms with Crippen molar-refractivity contribution in [2.75, 3.05) is 44.7 Å². The first-order valence-electron chi connectivity index (χ1n) is 14.6. The number of benzene rings is 1. The standard InChI is InChI=1S/C31H36ClFN6O3/c1-19(33)29(41)39-13-12-38(16-20(39)8-11-34)28-24-7-10-31(9-6-23-25(31)4-3-5-26(23)32)15-27(24)35-30(36-28)42-18-21-14-22(40)17-37(21)2/h3-5,20-22,40H,1,6-10,12-18H2,2H3/t20-,21-,22+,31-/m0/s1. The zero-order valence-electron chi connectivity index (χ0n) is 23.9. The first kappa shape index (κ1) is 28.8. The van der Waals surface area contributed by atoms with E-state index in [-0.39, 0.29) is 36.5 Å². The van der Waals surface area contributed by atoms with Gasteiger partial charge in [0.25, 0.3) is 5.91 Å². The molecule has 2 aromatic rings. The van der Waals surface area contributed by atoms with Crippen molar-refractivity contribution in [1.82, 2.24) is 19.8 Å². The number of nitrogens with zero attached hydrogens (tertiary/aromatic N) is 6. The molecular formula is C31H36ClFN6O3. The number of β-amino-alcohol motifs (C(OH)–C–C–N with tert-alkyl or cyclic N) is 1. The summed E-state index contributed by atoms with van der Waals surface area (Å²) in [5.41, 5.74) is 4.48. The predicted molar refractivity (Wildman–Crippen MR) is 156 cm³/mol. The predicted octanol–water partition coefficient (Wildman–Crippen LogP) is 3.36. The fourth-order valence-electron chi connectivity index (χ4n) is 7.42. The summed E-state index contributed by atoms with van der Waals surface area (Å²) in [6, 6.07) is 8.17. The van der Waals surface area contributed by atoms with Crippen LogP contribution in [0.15, 0.2) is 30.6 Å². The molecule has 2 fully saturated rings. The second-order valence-electron chi connectivity index (χ2n) is 12.1. The van der Waals surface area contributed by atoms with Crippen LogP contribution in [0.4, 0.5) is 10.2 Å². The fourth-order valence-corrected chi connectivity index (χ4v) is 7.68.